The number of fused-ring (bicyclic) bond motifs is 3. The molecule has 1 fully saturated rings. The van der Waals surface area contributed by atoms with E-state index in [0.717, 1.165) is 50.3 Å². The van der Waals surface area contributed by atoms with E-state index in [-0.39, 0.29) is 6.10 Å². The summed E-state index contributed by atoms with van der Waals surface area (Å²) in [6, 6.07) is 4.59. The predicted octanol–water partition coefficient (Wildman–Crippen LogP) is 2.54. The fourth-order valence-corrected chi connectivity index (χ4v) is 3.48. The smallest absolute Gasteiger partial charge is 0.161 e. The van der Waals surface area contributed by atoms with Crippen molar-refractivity contribution >= 4 is 0 Å². The Kier molecular flexibility index (Phi) is 4.36. The van der Waals surface area contributed by atoms with Crippen LogP contribution in [0, 0.1) is 0 Å². The third-order valence-corrected chi connectivity index (χ3v) is 4.60. The van der Waals surface area contributed by atoms with E-state index in [0.29, 0.717) is 12.6 Å². The Balaban J connectivity index is 1.93. The highest BCUT2D eigenvalue weighted by Gasteiger charge is 2.33. The number of piperidine rings is 1. The molecule has 1 aromatic rings. The number of aliphatic hydroxyl groups is 1. The van der Waals surface area contributed by atoms with Crippen LogP contribution in [0.15, 0.2) is 12.1 Å². The van der Waals surface area contributed by atoms with Gasteiger partial charge in [0.05, 0.1) is 19.8 Å². The lowest BCUT2D eigenvalue weighted by Gasteiger charge is -2.42. The Morgan fingerprint density at radius 2 is 2.14 bits per heavy atom. The number of hydrogen-bond donors (Lipinski definition) is 1. The van der Waals surface area contributed by atoms with Gasteiger partial charge >= 0.3 is 0 Å². The second kappa shape index (κ2) is 6.24. The molecule has 1 saturated heterocycles. The Morgan fingerprint density at radius 1 is 1.29 bits per heavy atom. The molecule has 2 atom stereocenters. The van der Waals surface area contributed by atoms with Crippen LogP contribution in [0.3, 0.4) is 0 Å². The SMILES string of the molecule is CCCOc1cc2c(cc1OC)C1CC(O)CCN1CC2. The summed E-state index contributed by atoms with van der Waals surface area (Å²) in [5, 5.41) is 9.99. The highest BCUT2D eigenvalue weighted by atomic mass is 16.5. The third kappa shape index (κ3) is 2.87. The Hall–Kier alpha value is -1.26. The second-order valence-corrected chi connectivity index (χ2v) is 6.03. The summed E-state index contributed by atoms with van der Waals surface area (Å²) in [4.78, 5) is 2.49. The number of rotatable bonds is 4. The van der Waals surface area contributed by atoms with Crippen LogP contribution in [0.4, 0.5) is 0 Å². The molecule has 4 nitrogen and oxygen atoms in total. The molecule has 0 radical (unpaired) electrons. The molecule has 2 heterocycles. The molecule has 0 bridgehead atoms. The van der Waals surface area contributed by atoms with E-state index in [1.807, 2.05) is 0 Å². The monoisotopic (exact) mass is 291 g/mol. The molecule has 4 heteroatoms. The van der Waals surface area contributed by atoms with E-state index in [9.17, 15) is 5.11 Å². The van der Waals surface area contributed by atoms with Crippen molar-refractivity contribution < 1.29 is 14.6 Å². The minimum absolute atomic E-state index is 0.181. The third-order valence-electron chi connectivity index (χ3n) is 4.60. The zero-order valence-electron chi connectivity index (χ0n) is 13.0. The Morgan fingerprint density at radius 3 is 2.90 bits per heavy atom. The van der Waals surface area contributed by atoms with Crippen molar-refractivity contribution in [2.75, 3.05) is 26.8 Å². The molecule has 116 valence electrons. The van der Waals surface area contributed by atoms with Crippen molar-refractivity contribution in [3.8, 4) is 11.5 Å². The minimum atomic E-state index is -0.181. The van der Waals surface area contributed by atoms with Crippen LogP contribution in [0.1, 0.15) is 43.4 Å². The molecule has 0 aromatic heterocycles. The summed E-state index contributed by atoms with van der Waals surface area (Å²) in [6.45, 7) is 4.88. The van der Waals surface area contributed by atoms with Crippen molar-refractivity contribution in [2.45, 2.75) is 44.8 Å². The maximum absolute atomic E-state index is 9.99. The molecule has 0 spiro atoms. The first-order valence-electron chi connectivity index (χ1n) is 7.98. The quantitative estimate of drug-likeness (QED) is 0.925. The van der Waals surface area contributed by atoms with Gasteiger partial charge in [0.25, 0.3) is 0 Å². The number of ether oxygens (including phenoxy) is 2. The first-order chi connectivity index (χ1) is 10.2. The van der Waals surface area contributed by atoms with E-state index in [4.69, 9.17) is 9.47 Å². The van der Waals surface area contributed by atoms with Gasteiger partial charge in [0, 0.05) is 19.1 Å². The standard InChI is InChI=1S/C17H25NO3/c1-3-8-21-17-9-12-4-6-18-7-5-13(19)10-15(18)14(12)11-16(17)20-2/h9,11,13,15,19H,3-8,10H2,1-2H3. The normalized spacial score (nSPS) is 25.1. The molecule has 3 rings (SSSR count). The van der Waals surface area contributed by atoms with E-state index in [1.54, 1.807) is 7.11 Å². The largest absolute Gasteiger partial charge is 0.493 e. The van der Waals surface area contributed by atoms with Crippen LogP contribution in [0.25, 0.3) is 0 Å². The van der Waals surface area contributed by atoms with Crippen molar-refractivity contribution in [1.29, 1.82) is 0 Å². The topological polar surface area (TPSA) is 41.9 Å². The number of nitrogens with zero attached hydrogens (tertiary/aromatic N) is 1. The lowest BCUT2D eigenvalue weighted by atomic mass is 9.85. The molecule has 0 saturated carbocycles. The van der Waals surface area contributed by atoms with Gasteiger partial charge in [-0.3, -0.25) is 4.90 Å². The predicted molar refractivity (Wildman–Crippen MR) is 82.0 cm³/mol. The maximum atomic E-state index is 9.99. The van der Waals surface area contributed by atoms with E-state index in [1.165, 1.54) is 11.1 Å². The summed E-state index contributed by atoms with van der Waals surface area (Å²) >= 11 is 0. The van der Waals surface area contributed by atoms with Gasteiger partial charge in [0.2, 0.25) is 0 Å². The molecular formula is C17H25NO3. The summed E-state index contributed by atoms with van der Waals surface area (Å²) in [5.74, 6) is 1.66. The molecule has 2 aliphatic heterocycles. The van der Waals surface area contributed by atoms with Crippen molar-refractivity contribution in [2.24, 2.45) is 0 Å². The summed E-state index contributed by atoms with van der Waals surface area (Å²) in [6.07, 6.45) is 3.57. The van der Waals surface area contributed by atoms with Crippen LogP contribution < -0.4 is 9.47 Å². The first kappa shape index (κ1) is 14.7. The van der Waals surface area contributed by atoms with Gasteiger partial charge in [-0.15, -0.1) is 0 Å². The Bertz CT molecular complexity index is 503. The van der Waals surface area contributed by atoms with Crippen LogP contribution in [0.5, 0.6) is 11.5 Å². The lowest BCUT2D eigenvalue weighted by molar-refractivity contribution is 0.0359. The summed E-state index contributed by atoms with van der Waals surface area (Å²) in [7, 11) is 1.69. The summed E-state index contributed by atoms with van der Waals surface area (Å²) in [5.41, 5.74) is 2.65. The van der Waals surface area contributed by atoms with Gasteiger partial charge in [-0.25, -0.2) is 0 Å². The fraction of sp³-hybridized carbons (Fsp3) is 0.647. The summed E-state index contributed by atoms with van der Waals surface area (Å²) < 4.78 is 11.3. The number of benzene rings is 1. The zero-order chi connectivity index (χ0) is 14.8. The Labute approximate surface area is 126 Å². The number of hydrogen-bond acceptors (Lipinski definition) is 4. The first-order valence-corrected chi connectivity index (χ1v) is 7.98. The molecule has 0 amide bonds. The lowest BCUT2D eigenvalue weighted by Crippen LogP contribution is -2.42. The van der Waals surface area contributed by atoms with Crippen LogP contribution in [0.2, 0.25) is 0 Å². The van der Waals surface area contributed by atoms with Gasteiger partial charge in [-0.05, 0) is 48.9 Å². The average Bonchev–Trinajstić information content (AvgIpc) is 2.51. The zero-order valence-corrected chi connectivity index (χ0v) is 13.0. The minimum Gasteiger partial charge on any atom is -0.493 e. The van der Waals surface area contributed by atoms with E-state index < -0.39 is 0 Å². The second-order valence-electron chi connectivity index (χ2n) is 6.03. The van der Waals surface area contributed by atoms with E-state index in [2.05, 4.69) is 24.0 Å². The van der Waals surface area contributed by atoms with Gasteiger partial charge in [-0.1, -0.05) is 6.92 Å². The molecule has 1 N–H and O–H groups in total. The van der Waals surface area contributed by atoms with Crippen molar-refractivity contribution in [1.82, 2.24) is 4.90 Å². The molecular weight excluding hydrogens is 266 g/mol. The van der Waals surface area contributed by atoms with Crippen LogP contribution in [-0.2, 0) is 6.42 Å². The van der Waals surface area contributed by atoms with Gasteiger partial charge in [-0.2, -0.15) is 0 Å². The van der Waals surface area contributed by atoms with E-state index >= 15 is 0 Å². The number of methoxy groups -OCH3 is 1. The molecule has 21 heavy (non-hydrogen) atoms. The highest BCUT2D eigenvalue weighted by Crippen LogP contribution is 2.41. The van der Waals surface area contributed by atoms with Gasteiger partial charge < -0.3 is 14.6 Å². The van der Waals surface area contributed by atoms with Crippen molar-refractivity contribution in [3.63, 3.8) is 0 Å². The van der Waals surface area contributed by atoms with Gasteiger partial charge in [0.1, 0.15) is 0 Å². The highest BCUT2D eigenvalue weighted by molar-refractivity contribution is 5.49. The molecule has 0 aliphatic carbocycles. The van der Waals surface area contributed by atoms with Crippen LogP contribution in [-0.4, -0.2) is 42.9 Å². The fourth-order valence-electron chi connectivity index (χ4n) is 3.48. The van der Waals surface area contributed by atoms with Gasteiger partial charge in [0.15, 0.2) is 11.5 Å². The average molecular weight is 291 g/mol. The molecule has 1 aromatic carbocycles. The van der Waals surface area contributed by atoms with Crippen LogP contribution >= 0.6 is 0 Å². The van der Waals surface area contributed by atoms with Crippen molar-refractivity contribution in [3.05, 3.63) is 23.3 Å². The molecule has 2 unspecified atom stereocenters. The maximum Gasteiger partial charge on any atom is 0.161 e. The molecule has 2 aliphatic rings. The number of aliphatic hydroxyl groups excluding tert-OH is 1.